The van der Waals surface area contributed by atoms with Gasteiger partial charge in [0.2, 0.25) is 5.91 Å². The maximum absolute atomic E-state index is 13.4. The van der Waals surface area contributed by atoms with Gasteiger partial charge in [-0.1, -0.05) is 54.6 Å². The summed E-state index contributed by atoms with van der Waals surface area (Å²) in [4.78, 5) is 28.2. The third-order valence-electron chi connectivity index (χ3n) is 7.69. The molecule has 210 valence electrons. The predicted molar refractivity (Wildman–Crippen MR) is 155 cm³/mol. The molecule has 2 aliphatic rings. The van der Waals surface area contributed by atoms with E-state index < -0.39 is 15.9 Å². The Morgan fingerprint density at radius 2 is 1.57 bits per heavy atom. The fourth-order valence-corrected chi connectivity index (χ4v) is 6.35. The zero-order valence-electron chi connectivity index (χ0n) is 22.6. The van der Waals surface area contributed by atoms with Crippen molar-refractivity contribution in [2.45, 2.75) is 30.8 Å². The number of sulfone groups is 1. The molecule has 3 aromatic carbocycles. The summed E-state index contributed by atoms with van der Waals surface area (Å²) in [6.45, 7) is 0.844. The van der Waals surface area contributed by atoms with Gasteiger partial charge in [0.15, 0.2) is 9.84 Å². The fraction of sp³-hybridized carbons (Fsp3) is 0.355. The summed E-state index contributed by atoms with van der Waals surface area (Å²) >= 11 is 0. The molecule has 1 aliphatic carbocycles. The van der Waals surface area contributed by atoms with Crippen LogP contribution in [-0.2, 0) is 14.6 Å². The molecular weight excluding hydrogens is 526 g/mol. The first-order valence-electron chi connectivity index (χ1n) is 13.7. The highest BCUT2D eigenvalue weighted by molar-refractivity contribution is 7.91. The van der Waals surface area contributed by atoms with E-state index in [-0.39, 0.29) is 36.4 Å². The Kier molecular flexibility index (Phi) is 8.52. The molecule has 2 N–H and O–H groups in total. The maximum atomic E-state index is 13.4. The van der Waals surface area contributed by atoms with Gasteiger partial charge in [-0.3, -0.25) is 9.59 Å². The molecule has 0 unspecified atom stereocenters. The minimum atomic E-state index is -3.13. The Morgan fingerprint density at radius 3 is 2.23 bits per heavy atom. The van der Waals surface area contributed by atoms with Crippen molar-refractivity contribution in [1.29, 1.82) is 0 Å². The van der Waals surface area contributed by atoms with Crippen LogP contribution in [0.25, 0.3) is 11.1 Å². The molecule has 5 rings (SSSR count). The van der Waals surface area contributed by atoms with Gasteiger partial charge >= 0.3 is 0 Å². The highest BCUT2D eigenvalue weighted by Crippen LogP contribution is 2.41. The summed E-state index contributed by atoms with van der Waals surface area (Å²) in [5.74, 6) is 0.559. The second-order valence-electron chi connectivity index (χ2n) is 10.4. The van der Waals surface area contributed by atoms with Crippen molar-refractivity contribution < 1.29 is 22.7 Å². The lowest BCUT2D eigenvalue weighted by atomic mass is 10.0. The van der Waals surface area contributed by atoms with E-state index in [0.717, 1.165) is 23.3 Å². The van der Waals surface area contributed by atoms with Crippen molar-refractivity contribution >= 4 is 21.7 Å². The van der Waals surface area contributed by atoms with Crippen molar-refractivity contribution in [3.63, 3.8) is 0 Å². The van der Waals surface area contributed by atoms with Gasteiger partial charge in [0.05, 0.1) is 18.6 Å². The molecule has 1 heterocycles. The molecule has 0 aromatic heterocycles. The number of amides is 2. The van der Waals surface area contributed by atoms with E-state index in [1.54, 1.807) is 24.1 Å². The summed E-state index contributed by atoms with van der Waals surface area (Å²) in [5, 5.41) is 6.45. The normalized spacial score (nSPS) is 20.4. The predicted octanol–water partition coefficient (Wildman–Crippen LogP) is 3.25. The van der Waals surface area contributed by atoms with E-state index >= 15 is 0 Å². The molecule has 0 radical (unpaired) electrons. The number of carbonyl (C=O) groups excluding carboxylic acids is 2. The Bertz CT molecular complexity index is 1410. The third kappa shape index (κ3) is 6.89. The summed E-state index contributed by atoms with van der Waals surface area (Å²) in [6, 6.07) is 24.8. The van der Waals surface area contributed by atoms with Gasteiger partial charge in [-0.15, -0.1) is 0 Å². The lowest BCUT2D eigenvalue weighted by Gasteiger charge is -2.30. The molecule has 8 nitrogen and oxygen atoms in total. The summed E-state index contributed by atoms with van der Waals surface area (Å²) in [6.07, 6.45) is 1.41. The van der Waals surface area contributed by atoms with Crippen molar-refractivity contribution in [2.24, 2.45) is 0 Å². The van der Waals surface area contributed by atoms with Crippen LogP contribution in [0.1, 0.15) is 34.7 Å². The summed E-state index contributed by atoms with van der Waals surface area (Å²) < 4.78 is 29.0. The highest BCUT2D eigenvalue weighted by atomic mass is 32.2. The number of hydrogen-bond donors (Lipinski definition) is 2. The van der Waals surface area contributed by atoms with Gasteiger partial charge in [-0.05, 0) is 60.3 Å². The highest BCUT2D eigenvalue weighted by Gasteiger charge is 2.38. The van der Waals surface area contributed by atoms with Crippen molar-refractivity contribution in [2.75, 3.05) is 38.2 Å². The van der Waals surface area contributed by atoms with E-state index in [4.69, 9.17) is 4.74 Å². The van der Waals surface area contributed by atoms with Crippen LogP contribution < -0.4 is 15.4 Å². The number of benzene rings is 3. The molecule has 0 spiro atoms. The Labute approximate surface area is 235 Å². The molecule has 1 saturated heterocycles. The molecule has 1 aliphatic heterocycles. The van der Waals surface area contributed by atoms with Crippen LogP contribution in [0.5, 0.6) is 5.75 Å². The Morgan fingerprint density at radius 1 is 0.925 bits per heavy atom. The van der Waals surface area contributed by atoms with Gasteiger partial charge < -0.3 is 20.3 Å². The average molecular weight is 562 g/mol. The Hall–Kier alpha value is -3.69. The Balaban J connectivity index is 1.21. The third-order valence-corrected chi connectivity index (χ3v) is 9.30. The smallest absolute Gasteiger partial charge is 0.251 e. The molecule has 9 heteroatoms. The van der Waals surface area contributed by atoms with E-state index in [9.17, 15) is 18.0 Å². The van der Waals surface area contributed by atoms with Crippen molar-refractivity contribution in [3.8, 4) is 16.9 Å². The number of nitrogens with zero attached hydrogens (tertiary/aromatic N) is 1. The number of hydrogen-bond acceptors (Lipinski definition) is 6. The van der Waals surface area contributed by atoms with Crippen LogP contribution in [0, 0.1) is 0 Å². The van der Waals surface area contributed by atoms with Gasteiger partial charge in [0, 0.05) is 30.6 Å². The second-order valence-corrected chi connectivity index (χ2v) is 12.7. The monoisotopic (exact) mass is 561 g/mol. The van der Waals surface area contributed by atoms with E-state index in [0.29, 0.717) is 30.5 Å². The molecule has 3 aromatic rings. The van der Waals surface area contributed by atoms with Gasteiger partial charge in [0.1, 0.15) is 11.8 Å². The van der Waals surface area contributed by atoms with Crippen molar-refractivity contribution in [1.82, 2.24) is 15.5 Å². The van der Waals surface area contributed by atoms with Crippen LogP contribution in [-0.4, -0.2) is 75.5 Å². The van der Waals surface area contributed by atoms with Crippen LogP contribution in [0.2, 0.25) is 0 Å². The van der Waals surface area contributed by atoms with E-state index in [1.165, 1.54) is 5.56 Å². The molecule has 2 amide bonds. The molecule has 1 saturated carbocycles. The second kappa shape index (κ2) is 12.2. The van der Waals surface area contributed by atoms with E-state index in [2.05, 4.69) is 22.8 Å². The minimum Gasteiger partial charge on any atom is -0.497 e. The first-order chi connectivity index (χ1) is 19.3. The summed E-state index contributed by atoms with van der Waals surface area (Å²) in [5.41, 5.74) is 3.77. The largest absolute Gasteiger partial charge is 0.497 e. The maximum Gasteiger partial charge on any atom is 0.251 e. The van der Waals surface area contributed by atoms with Crippen molar-refractivity contribution in [3.05, 3.63) is 90.0 Å². The summed E-state index contributed by atoms with van der Waals surface area (Å²) in [7, 11) is -1.48. The van der Waals surface area contributed by atoms with Crippen LogP contribution in [0.3, 0.4) is 0 Å². The van der Waals surface area contributed by atoms with Crippen LogP contribution in [0.4, 0.5) is 0 Å². The van der Waals surface area contributed by atoms with Gasteiger partial charge in [-0.25, -0.2) is 8.42 Å². The lowest BCUT2D eigenvalue weighted by molar-refractivity contribution is -0.133. The molecule has 0 bridgehead atoms. The zero-order valence-corrected chi connectivity index (χ0v) is 23.4. The quantitative estimate of drug-likeness (QED) is 0.394. The fourth-order valence-electron chi connectivity index (χ4n) is 5.15. The number of rotatable bonds is 10. The number of carbonyl (C=O) groups is 2. The lowest BCUT2D eigenvalue weighted by Crippen LogP contribution is -2.53. The molecule has 2 fully saturated rings. The number of ether oxygens (including phenoxy) is 1. The topological polar surface area (TPSA) is 105 Å². The van der Waals surface area contributed by atoms with Gasteiger partial charge in [-0.2, -0.15) is 0 Å². The number of methoxy groups -OCH3 is 1. The average Bonchev–Trinajstić information content (AvgIpc) is 3.76. The number of nitrogens with one attached hydrogen (secondary N) is 2. The first kappa shape index (κ1) is 27.9. The SMILES string of the molecule is COc1ccc([C@@H]2C[C@H]2NCC[C@H](NC(=O)c2ccc(-c3ccccc3)cc2)C(=O)N2CCS(=O)(=O)CC2)cc1. The minimum absolute atomic E-state index is 0.0514. The van der Waals surface area contributed by atoms with E-state index in [1.807, 2.05) is 54.6 Å². The molecule has 40 heavy (non-hydrogen) atoms. The zero-order chi connectivity index (χ0) is 28.1. The first-order valence-corrected chi connectivity index (χ1v) is 15.5. The molecular formula is C31H35N3O5S. The standard InChI is InChI=1S/C31H35N3O5S/c1-39-26-13-11-24(12-14-26)27-21-29(27)32-16-15-28(31(36)34-17-19-40(37,38)20-18-34)33-30(35)25-9-7-23(8-10-25)22-5-3-2-4-6-22/h2-14,27-29,32H,15-21H2,1H3,(H,33,35)/t27-,28-,29+/m0/s1. The van der Waals surface area contributed by atoms with Crippen LogP contribution in [0.15, 0.2) is 78.9 Å². The molecule has 3 atom stereocenters. The van der Waals surface area contributed by atoms with Gasteiger partial charge in [0.25, 0.3) is 5.91 Å². The van der Waals surface area contributed by atoms with Crippen LogP contribution >= 0.6 is 0 Å².